The molecule has 0 heterocycles. The average Bonchev–Trinajstić information content (AvgIpc) is 2.55. The van der Waals surface area contributed by atoms with Crippen LogP contribution in [0.25, 0.3) is 0 Å². The van der Waals surface area contributed by atoms with Gasteiger partial charge in [-0.15, -0.1) is 0 Å². The zero-order valence-electron chi connectivity index (χ0n) is 16.5. The number of unbranched alkanes of at least 4 members (excludes halogenated alkanes) is 2. The number of hydrogen-bond acceptors (Lipinski definition) is 6. The molecule has 150 valence electrons. The monoisotopic (exact) mass is 370 g/mol. The molecule has 0 radical (unpaired) electrons. The highest BCUT2D eigenvalue weighted by atomic mass is 16.5. The van der Waals surface area contributed by atoms with Gasteiger partial charge in [-0.1, -0.05) is 19.3 Å². The van der Waals surface area contributed by atoms with E-state index in [9.17, 15) is 14.4 Å². The molecule has 1 rings (SSSR count). The Labute approximate surface area is 156 Å². The van der Waals surface area contributed by atoms with Gasteiger partial charge in [0.25, 0.3) is 0 Å². The molecule has 0 N–H and O–H groups in total. The zero-order valence-corrected chi connectivity index (χ0v) is 16.5. The van der Waals surface area contributed by atoms with Crippen molar-refractivity contribution >= 4 is 17.9 Å². The van der Waals surface area contributed by atoms with E-state index in [0.717, 1.165) is 51.4 Å². The molecule has 1 aliphatic rings. The second-order valence-corrected chi connectivity index (χ2v) is 7.43. The molecule has 6 nitrogen and oxygen atoms in total. The van der Waals surface area contributed by atoms with Gasteiger partial charge in [0.15, 0.2) is 0 Å². The summed E-state index contributed by atoms with van der Waals surface area (Å²) in [4.78, 5) is 32.8. The predicted molar refractivity (Wildman–Crippen MR) is 97.3 cm³/mol. The molecule has 0 aromatic heterocycles. The van der Waals surface area contributed by atoms with Crippen LogP contribution in [0.5, 0.6) is 0 Å². The standard InChI is InChI=1S/C20H34O6/c1-15(21)24-9-6-4-5-7-18-11-19(8-10-25-16(2)22)13-20(12-18)14-26-17(3)23/h18-20H,4-14H2,1-3H3/t18-,19+,20-/m1/s1. The van der Waals surface area contributed by atoms with Gasteiger partial charge in [0.2, 0.25) is 0 Å². The topological polar surface area (TPSA) is 78.9 Å². The maximum atomic E-state index is 11.1. The summed E-state index contributed by atoms with van der Waals surface area (Å²) in [5.74, 6) is 0.827. The number of esters is 3. The van der Waals surface area contributed by atoms with E-state index in [-0.39, 0.29) is 17.9 Å². The normalized spacial score (nSPS) is 22.5. The first-order valence-electron chi connectivity index (χ1n) is 9.77. The highest BCUT2D eigenvalue weighted by Gasteiger charge is 2.29. The van der Waals surface area contributed by atoms with Crippen LogP contribution >= 0.6 is 0 Å². The minimum Gasteiger partial charge on any atom is -0.466 e. The fourth-order valence-corrected chi connectivity index (χ4v) is 3.84. The van der Waals surface area contributed by atoms with Crippen molar-refractivity contribution in [3.05, 3.63) is 0 Å². The van der Waals surface area contributed by atoms with Crippen LogP contribution in [-0.2, 0) is 28.6 Å². The van der Waals surface area contributed by atoms with Crippen molar-refractivity contribution in [3.63, 3.8) is 0 Å². The van der Waals surface area contributed by atoms with Gasteiger partial charge >= 0.3 is 17.9 Å². The molecular weight excluding hydrogens is 336 g/mol. The van der Waals surface area contributed by atoms with Crippen molar-refractivity contribution in [2.45, 2.75) is 72.1 Å². The van der Waals surface area contributed by atoms with Crippen molar-refractivity contribution < 1.29 is 28.6 Å². The van der Waals surface area contributed by atoms with Crippen LogP contribution < -0.4 is 0 Å². The summed E-state index contributed by atoms with van der Waals surface area (Å²) in [6.45, 7) is 5.77. The zero-order chi connectivity index (χ0) is 19.4. The number of carbonyl (C=O) groups excluding carboxylic acids is 3. The van der Waals surface area contributed by atoms with E-state index in [1.807, 2.05) is 0 Å². The van der Waals surface area contributed by atoms with Gasteiger partial charge in [0.05, 0.1) is 19.8 Å². The van der Waals surface area contributed by atoms with E-state index in [4.69, 9.17) is 14.2 Å². The molecule has 0 aromatic carbocycles. The van der Waals surface area contributed by atoms with Crippen molar-refractivity contribution in [1.29, 1.82) is 0 Å². The Morgan fingerprint density at radius 2 is 1.19 bits per heavy atom. The summed E-state index contributed by atoms with van der Waals surface area (Å²) in [5, 5.41) is 0. The first-order valence-corrected chi connectivity index (χ1v) is 9.77. The Bertz CT molecular complexity index is 448. The van der Waals surface area contributed by atoms with Crippen LogP contribution in [0.3, 0.4) is 0 Å². The Balaban J connectivity index is 2.36. The first-order chi connectivity index (χ1) is 12.4. The van der Waals surface area contributed by atoms with E-state index in [2.05, 4.69) is 0 Å². The molecule has 0 unspecified atom stereocenters. The van der Waals surface area contributed by atoms with E-state index in [0.29, 0.717) is 37.6 Å². The molecule has 3 atom stereocenters. The third-order valence-corrected chi connectivity index (χ3v) is 4.92. The minimum atomic E-state index is -0.235. The van der Waals surface area contributed by atoms with E-state index in [1.54, 1.807) is 0 Å². The number of carbonyl (C=O) groups is 3. The smallest absolute Gasteiger partial charge is 0.302 e. The van der Waals surface area contributed by atoms with Crippen molar-refractivity contribution in [1.82, 2.24) is 0 Å². The van der Waals surface area contributed by atoms with Gasteiger partial charge in [-0.05, 0) is 49.9 Å². The quantitative estimate of drug-likeness (QED) is 0.314. The molecule has 6 heteroatoms. The van der Waals surface area contributed by atoms with E-state index >= 15 is 0 Å². The molecule has 1 aliphatic carbocycles. The summed E-state index contributed by atoms with van der Waals surface area (Å²) >= 11 is 0. The van der Waals surface area contributed by atoms with Crippen LogP contribution in [0.2, 0.25) is 0 Å². The highest BCUT2D eigenvalue weighted by Crippen LogP contribution is 2.38. The van der Waals surface area contributed by atoms with Crippen molar-refractivity contribution in [2.24, 2.45) is 17.8 Å². The van der Waals surface area contributed by atoms with E-state index < -0.39 is 0 Å². The lowest BCUT2D eigenvalue weighted by atomic mass is 9.72. The van der Waals surface area contributed by atoms with Crippen molar-refractivity contribution in [2.75, 3.05) is 19.8 Å². The molecular formula is C20H34O6. The third-order valence-electron chi connectivity index (χ3n) is 4.92. The fourth-order valence-electron chi connectivity index (χ4n) is 3.84. The molecule has 0 spiro atoms. The van der Waals surface area contributed by atoms with E-state index in [1.165, 1.54) is 20.8 Å². The Kier molecular flexibility index (Phi) is 11.0. The molecule has 0 amide bonds. The van der Waals surface area contributed by atoms with Crippen LogP contribution in [-0.4, -0.2) is 37.7 Å². The maximum Gasteiger partial charge on any atom is 0.302 e. The van der Waals surface area contributed by atoms with Gasteiger partial charge in [-0.3, -0.25) is 14.4 Å². The van der Waals surface area contributed by atoms with Gasteiger partial charge in [0.1, 0.15) is 0 Å². The minimum absolute atomic E-state index is 0.221. The summed E-state index contributed by atoms with van der Waals surface area (Å²) in [6.07, 6.45) is 8.33. The van der Waals surface area contributed by atoms with Gasteiger partial charge in [-0.2, -0.15) is 0 Å². The molecule has 1 fully saturated rings. The predicted octanol–water partition coefficient (Wildman–Crippen LogP) is 3.66. The molecule has 1 saturated carbocycles. The van der Waals surface area contributed by atoms with Crippen molar-refractivity contribution in [3.8, 4) is 0 Å². The summed E-state index contributed by atoms with van der Waals surface area (Å²) in [6, 6.07) is 0. The number of rotatable bonds is 11. The van der Waals surface area contributed by atoms with Gasteiger partial charge in [0, 0.05) is 20.8 Å². The molecule has 26 heavy (non-hydrogen) atoms. The van der Waals surface area contributed by atoms with Crippen LogP contribution in [0.1, 0.15) is 72.1 Å². The van der Waals surface area contributed by atoms with Crippen LogP contribution in [0.15, 0.2) is 0 Å². The largest absolute Gasteiger partial charge is 0.466 e. The Morgan fingerprint density at radius 3 is 1.81 bits per heavy atom. The van der Waals surface area contributed by atoms with Crippen LogP contribution in [0, 0.1) is 17.8 Å². The lowest BCUT2D eigenvalue weighted by Gasteiger charge is -2.35. The maximum absolute atomic E-state index is 11.1. The molecule has 0 aliphatic heterocycles. The molecule has 0 saturated heterocycles. The Hall–Kier alpha value is -1.59. The Morgan fingerprint density at radius 1 is 0.654 bits per heavy atom. The highest BCUT2D eigenvalue weighted by molar-refractivity contribution is 5.66. The number of hydrogen-bond donors (Lipinski definition) is 0. The average molecular weight is 370 g/mol. The summed E-state index contributed by atoms with van der Waals surface area (Å²) < 4.78 is 15.3. The summed E-state index contributed by atoms with van der Waals surface area (Å²) in [5.41, 5.74) is 0. The third kappa shape index (κ3) is 11.1. The van der Waals surface area contributed by atoms with Gasteiger partial charge in [-0.25, -0.2) is 0 Å². The second kappa shape index (κ2) is 12.7. The molecule has 0 aromatic rings. The lowest BCUT2D eigenvalue weighted by molar-refractivity contribution is -0.144. The molecule has 0 bridgehead atoms. The summed E-state index contributed by atoms with van der Waals surface area (Å²) in [7, 11) is 0. The lowest BCUT2D eigenvalue weighted by Crippen LogP contribution is -2.27. The fraction of sp³-hybridized carbons (Fsp3) is 0.850. The second-order valence-electron chi connectivity index (χ2n) is 7.43. The first kappa shape index (κ1) is 22.5. The van der Waals surface area contributed by atoms with Crippen LogP contribution in [0.4, 0.5) is 0 Å². The SMILES string of the molecule is CC(=O)OCCCCC[C@@H]1C[C@H](CCOC(C)=O)C[C@H](COC(C)=O)C1. The number of ether oxygens (including phenoxy) is 3. The van der Waals surface area contributed by atoms with Gasteiger partial charge < -0.3 is 14.2 Å².